The zero-order valence-corrected chi connectivity index (χ0v) is 20.8. The summed E-state index contributed by atoms with van der Waals surface area (Å²) in [5.41, 5.74) is 1.23. The van der Waals surface area contributed by atoms with Gasteiger partial charge in [0.25, 0.3) is 5.91 Å². The first-order valence-corrected chi connectivity index (χ1v) is 12.8. The van der Waals surface area contributed by atoms with Crippen LogP contribution in [0.3, 0.4) is 0 Å². The SMILES string of the molecule is CC1(CCCC=NCCC2(c3ccccc3)CCN(C(=O)c3c(F)ccc(S)c3F)CC2)CC1. The van der Waals surface area contributed by atoms with Crippen LogP contribution < -0.4 is 0 Å². The van der Waals surface area contributed by atoms with Crippen molar-refractivity contribution in [2.75, 3.05) is 19.6 Å². The van der Waals surface area contributed by atoms with Crippen LogP contribution in [0.2, 0.25) is 0 Å². The van der Waals surface area contributed by atoms with E-state index in [1.165, 1.54) is 37.3 Å². The van der Waals surface area contributed by atoms with Crippen molar-refractivity contribution < 1.29 is 13.6 Å². The summed E-state index contributed by atoms with van der Waals surface area (Å²) in [6.45, 7) is 4.01. The first-order valence-electron chi connectivity index (χ1n) is 12.3. The second-order valence-corrected chi connectivity index (χ2v) is 10.7. The molecule has 1 saturated heterocycles. The highest BCUT2D eigenvalue weighted by Crippen LogP contribution is 2.49. The molecule has 1 aliphatic heterocycles. The molecule has 6 heteroatoms. The molecule has 0 unspecified atom stereocenters. The molecule has 2 aromatic rings. The van der Waals surface area contributed by atoms with Gasteiger partial charge in [0.1, 0.15) is 11.4 Å². The highest BCUT2D eigenvalue weighted by atomic mass is 32.1. The molecule has 1 saturated carbocycles. The maximum Gasteiger partial charge on any atom is 0.259 e. The Morgan fingerprint density at radius 1 is 1.06 bits per heavy atom. The highest BCUT2D eigenvalue weighted by molar-refractivity contribution is 7.80. The number of hydrogen-bond donors (Lipinski definition) is 1. The molecule has 1 heterocycles. The maximum atomic E-state index is 14.5. The number of likely N-dealkylation sites (tertiary alicyclic amines) is 1. The van der Waals surface area contributed by atoms with Crippen LogP contribution in [0, 0.1) is 17.0 Å². The fraction of sp³-hybridized carbons (Fsp3) is 0.500. The van der Waals surface area contributed by atoms with Gasteiger partial charge in [0.15, 0.2) is 5.82 Å². The zero-order valence-electron chi connectivity index (χ0n) is 19.9. The summed E-state index contributed by atoms with van der Waals surface area (Å²) >= 11 is 4.01. The quantitative estimate of drug-likeness (QED) is 0.235. The van der Waals surface area contributed by atoms with Crippen molar-refractivity contribution in [3.8, 4) is 0 Å². The van der Waals surface area contributed by atoms with E-state index in [1.54, 1.807) is 4.90 Å². The van der Waals surface area contributed by atoms with Gasteiger partial charge >= 0.3 is 0 Å². The smallest absolute Gasteiger partial charge is 0.259 e. The molecule has 0 spiro atoms. The predicted octanol–water partition coefficient (Wildman–Crippen LogP) is 6.86. The van der Waals surface area contributed by atoms with Gasteiger partial charge in [0.2, 0.25) is 0 Å². The van der Waals surface area contributed by atoms with Crippen molar-refractivity contribution in [3.63, 3.8) is 0 Å². The lowest BCUT2D eigenvalue weighted by molar-refractivity contribution is 0.0650. The van der Waals surface area contributed by atoms with Crippen molar-refractivity contribution in [2.24, 2.45) is 10.4 Å². The van der Waals surface area contributed by atoms with E-state index >= 15 is 0 Å². The third kappa shape index (κ3) is 5.70. The molecular weight excluding hydrogens is 450 g/mol. The summed E-state index contributed by atoms with van der Waals surface area (Å²) in [7, 11) is 0. The number of nitrogens with zero attached hydrogens (tertiary/aromatic N) is 2. The summed E-state index contributed by atoms with van der Waals surface area (Å²) in [5, 5.41) is 0. The van der Waals surface area contributed by atoms with Gasteiger partial charge in [0, 0.05) is 29.9 Å². The Hall–Kier alpha value is -2.21. The number of amides is 1. The van der Waals surface area contributed by atoms with Gasteiger partial charge in [-0.05, 0) is 80.7 Å². The molecule has 1 amide bonds. The first-order chi connectivity index (χ1) is 16.3. The van der Waals surface area contributed by atoms with Crippen LogP contribution in [0.4, 0.5) is 8.78 Å². The topological polar surface area (TPSA) is 32.7 Å². The minimum atomic E-state index is -0.891. The second-order valence-electron chi connectivity index (χ2n) is 10.2. The standard InChI is InChI=1S/C28H34F2N2OS/c1-27(12-13-27)11-5-6-17-31-18-14-28(21-7-3-2-4-8-21)15-19-32(20-16-28)26(33)24-22(29)9-10-23(34)25(24)30/h2-4,7-10,17,34H,5-6,11-16,18-20H2,1H3. The number of benzene rings is 2. The second kappa shape index (κ2) is 10.6. The van der Waals surface area contributed by atoms with Crippen molar-refractivity contribution >= 4 is 24.8 Å². The molecule has 2 fully saturated rings. The van der Waals surface area contributed by atoms with Crippen LogP contribution in [0.5, 0.6) is 0 Å². The third-order valence-corrected chi connectivity index (χ3v) is 8.09. The van der Waals surface area contributed by atoms with E-state index in [1.807, 2.05) is 18.2 Å². The normalized spacial score (nSPS) is 18.9. The van der Waals surface area contributed by atoms with Crippen LogP contribution in [0.25, 0.3) is 0 Å². The lowest BCUT2D eigenvalue weighted by atomic mass is 9.70. The number of aliphatic imine (C=N–C) groups is 1. The molecule has 0 N–H and O–H groups in total. The van der Waals surface area contributed by atoms with Crippen LogP contribution in [-0.2, 0) is 5.41 Å². The Morgan fingerprint density at radius 2 is 1.76 bits per heavy atom. The van der Waals surface area contributed by atoms with Crippen molar-refractivity contribution in [2.45, 2.75) is 68.6 Å². The van der Waals surface area contributed by atoms with E-state index in [0.29, 0.717) is 18.5 Å². The summed E-state index contributed by atoms with van der Waals surface area (Å²) in [6.07, 6.45) is 10.7. The van der Waals surface area contributed by atoms with Crippen LogP contribution >= 0.6 is 12.6 Å². The van der Waals surface area contributed by atoms with E-state index in [4.69, 9.17) is 4.99 Å². The first kappa shape index (κ1) is 24.9. The minimum Gasteiger partial charge on any atom is -0.338 e. The average Bonchev–Trinajstić information content (AvgIpc) is 3.59. The number of piperidine rings is 1. The Labute approximate surface area is 207 Å². The third-order valence-electron chi connectivity index (χ3n) is 7.74. The molecule has 2 aliphatic rings. The van der Waals surface area contributed by atoms with Gasteiger partial charge in [-0.2, -0.15) is 0 Å². The molecule has 34 heavy (non-hydrogen) atoms. The number of carbonyl (C=O) groups excluding carboxylic acids is 1. The van der Waals surface area contributed by atoms with Crippen LogP contribution in [-0.4, -0.2) is 36.7 Å². The monoisotopic (exact) mass is 484 g/mol. The summed E-state index contributed by atoms with van der Waals surface area (Å²) in [6, 6.07) is 12.7. The molecule has 4 rings (SSSR count). The average molecular weight is 485 g/mol. The summed E-state index contributed by atoms with van der Waals surface area (Å²) in [4.78, 5) is 19.2. The summed E-state index contributed by atoms with van der Waals surface area (Å²) < 4.78 is 28.7. The molecule has 182 valence electrons. The van der Waals surface area contributed by atoms with Crippen LogP contribution in [0.15, 0.2) is 52.4 Å². The number of unbranched alkanes of at least 4 members (excludes halogenated alkanes) is 1. The summed E-state index contributed by atoms with van der Waals surface area (Å²) in [5.74, 6) is -2.33. The van der Waals surface area contributed by atoms with Crippen molar-refractivity contribution in [1.29, 1.82) is 0 Å². The molecule has 2 aromatic carbocycles. The molecule has 3 nitrogen and oxygen atoms in total. The zero-order chi connectivity index (χ0) is 24.2. The molecule has 0 radical (unpaired) electrons. The Morgan fingerprint density at radius 3 is 2.44 bits per heavy atom. The Kier molecular flexibility index (Phi) is 7.76. The van der Waals surface area contributed by atoms with Crippen LogP contribution in [0.1, 0.15) is 74.2 Å². The molecular formula is C28H34F2N2OS. The maximum absolute atomic E-state index is 14.5. The number of thiol groups is 1. The Bertz CT molecular complexity index is 1030. The van der Waals surface area contributed by atoms with E-state index in [9.17, 15) is 13.6 Å². The van der Waals surface area contributed by atoms with E-state index in [0.717, 1.165) is 38.3 Å². The van der Waals surface area contributed by atoms with Gasteiger partial charge in [-0.3, -0.25) is 9.79 Å². The number of halogens is 2. The number of carbonyl (C=O) groups is 1. The van der Waals surface area contributed by atoms with Gasteiger partial charge in [-0.15, -0.1) is 12.6 Å². The fourth-order valence-electron chi connectivity index (χ4n) is 5.05. The van der Waals surface area contributed by atoms with Gasteiger partial charge in [0.05, 0.1) is 0 Å². The van der Waals surface area contributed by atoms with E-state index in [2.05, 4.69) is 37.9 Å². The molecule has 0 atom stereocenters. The molecule has 0 bridgehead atoms. The molecule has 1 aliphatic carbocycles. The predicted molar refractivity (Wildman–Crippen MR) is 136 cm³/mol. The van der Waals surface area contributed by atoms with Gasteiger partial charge < -0.3 is 4.90 Å². The highest BCUT2D eigenvalue weighted by Gasteiger charge is 2.38. The number of hydrogen-bond acceptors (Lipinski definition) is 3. The van der Waals surface area contributed by atoms with Crippen molar-refractivity contribution in [1.82, 2.24) is 4.90 Å². The molecule has 0 aromatic heterocycles. The Balaban J connectivity index is 1.39. The number of rotatable bonds is 9. The van der Waals surface area contributed by atoms with E-state index < -0.39 is 23.1 Å². The fourth-order valence-corrected chi connectivity index (χ4v) is 5.24. The largest absolute Gasteiger partial charge is 0.338 e. The van der Waals surface area contributed by atoms with Gasteiger partial charge in [-0.1, -0.05) is 37.3 Å². The van der Waals surface area contributed by atoms with Crippen molar-refractivity contribution in [3.05, 3.63) is 65.2 Å². The minimum absolute atomic E-state index is 0.0236. The lowest BCUT2D eigenvalue weighted by Gasteiger charge is -2.42. The van der Waals surface area contributed by atoms with E-state index in [-0.39, 0.29) is 10.3 Å². The van der Waals surface area contributed by atoms with Gasteiger partial charge in [-0.25, -0.2) is 8.78 Å². The lowest BCUT2D eigenvalue weighted by Crippen LogP contribution is -2.46.